The molecule has 1 spiro atoms. The lowest BCUT2D eigenvalue weighted by atomic mass is 9.74. The third kappa shape index (κ3) is 6.33. The largest absolute Gasteiger partial charge is 0.351 e. The molecule has 0 aromatic rings. The summed E-state index contributed by atoms with van der Waals surface area (Å²) in [5.41, 5.74) is -0.631. The van der Waals surface area contributed by atoms with Crippen LogP contribution in [0.2, 0.25) is 0 Å². The number of hydrogen-bond acceptors (Lipinski definition) is 5. The lowest BCUT2D eigenvalue weighted by Crippen LogP contribution is -2.56. The van der Waals surface area contributed by atoms with Crippen LogP contribution in [0.25, 0.3) is 0 Å². The van der Waals surface area contributed by atoms with Gasteiger partial charge >= 0.3 is 0 Å². The van der Waals surface area contributed by atoms with Crippen molar-refractivity contribution < 1.29 is 24.0 Å². The lowest BCUT2D eigenvalue weighted by Gasteiger charge is -2.41. The average molecular weight is 462 g/mol. The molecule has 0 bridgehead atoms. The summed E-state index contributed by atoms with van der Waals surface area (Å²) in [5.74, 6) is -0.698. The number of rotatable bonds is 2. The Kier molecular flexibility index (Phi) is 8.10. The Hall–Kier alpha value is -2.91. The topological polar surface area (TPSA) is 128 Å². The van der Waals surface area contributed by atoms with Crippen molar-refractivity contribution in [3.8, 4) is 0 Å². The van der Waals surface area contributed by atoms with Gasteiger partial charge in [-0.2, -0.15) is 0 Å². The Morgan fingerprint density at radius 2 is 1.82 bits per heavy atom. The molecule has 0 unspecified atom stereocenters. The molecule has 10 heteroatoms. The number of carbonyl (C=O) groups excluding carboxylic acids is 5. The van der Waals surface area contributed by atoms with Gasteiger partial charge in [0.25, 0.3) is 0 Å². The highest BCUT2D eigenvalue weighted by Crippen LogP contribution is 2.36. The molecule has 3 rings (SSSR count). The van der Waals surface area contributed by atoms with Crippen LogP contribution in [0.1, 0.15) is 46.0 Å². The number of fused-ring (bicyclic) bond motifs is 1. The molecule has 5 amide bonds. The minimum atomic E-state index is -0.631. The zero-order chi connectivity index (χ0) is 24.0. The summed E-state index contributed by atoms with van der Waals surface area (Å²) < 4.78 is 0. The van der Waals surface area contributed by atoms with Gasteiger partial charge in [0.05, 0.1) is 18.5 Å². The third-order valence-electron chi connectivity index (χ3n) is 7.09. The molecule has 0 saturated carbocycles. The van der Waals surface area contributed by atoms with Crippen molar-refractivity contribution in [2.24, 2.45) is 11.3 Å². The summed E-state index contributed by atoms with van der Waals surface area (Å²) in [4.78, 5) is 64.4. The van der Waals surface area contributed by atoms with Crippen LogP contribution in [-0.4, -0.2) is 84.6 Å². The predicted octanol–water partition coefficient (Wildman–Crippen LogP) is -0.449. The third-order valence-corrected chi connectivity index (χ3v) is 7.09. The van der Waals surface area contributed by atoms with Gasteiger partial charge in [0.1, 0.15) is 0 Å². The number of amides is 5. The van der Waals surface area contributed by atoms with E-state index in [1.807, 2.05) is 12.2 Å². The molecule has 0 aromatic heterocycles. The predicted molar refractivity (Wildman–Crippen MR) is 121 cm³/mol. The lowest BCUT2D eigenvalue weighted by molar-refractivity contribution is -0.140. The fraction of sp³-hybridized carbons (Fsp3) is 0.696. The normalized spacial score (nSPS) is 26.7. The Bertz CT molecular complexity index is 818. The molecule has 33 heavy (non-hydrogen) atoms. The van der Waals surface area contributed by atoms with Crippen molar-refractivity contribution >= 4 is 29.5 Å². The van der Waals surface area contributed by atoms with E-state index in [4.69, 9.17) is 0 Å². The molecule has 2 atom stereocenters. The molecule has 182 valence electrons. The summed E-state index contributed by atoms with van der Waals surface area (Å²) in [5, 5.41) is 8.39. The quantitative estimate of drug-likeness (QED) is 0.480. The fourth-order valence-electron chi connectivity index (χ4n) is 4.96. The first kappa shape index (κ1) is 24.7. The van der Waals surface area contributed by atoms with E-state index in [2.05, 4.69) is 16.0 Å². The highest BCUT2D eigenvalue weighted by Gasteiger charge is 2.41. The van der Waals surface area contributed by atoms with Crippen molar-refractivity contribution in [3.63, 3.8) is 0 Å². The van der Waals surface area contributed by atoms with E-state index in [1.54, 1.807) is 9.80 Å². The number of nitrogens with one attached hydrogen (secondary N) is 3. The molecule has 10 nitrogen and oxygen atoms in total. The van der Waals surface area contributed by atoms with Gasteiger partial charge in [-0.3, -0.25) is 24.0 Å². The average Bonchev–Trinajstić information content (AvgIpc) is 2.79. The van der Waals surface area contributed by atoms with Gasteiger partial charge in [-0.15, -0.1) is 0 Å². The zero-order valence-electron chi connectivity index (χ0n) is 19.5. The second kappa shape index (κ2) is 10.8. The number of nitrogens with zero attached hydrogens (tertiary/aromatic N) is 2. The Balaban J connectivity index is 1.69. The van der Waals surface area contributed by atoms with Crippen LogP contribution in [0.5, 0.6) is 0 Å². The molecule has 3 aliphatic rings. The maximum atomic E-state index is 13.0. The number of carbonyl (C=O) groups is 5. The van der Waals surface area contributed by atoms with Crippen LogP contribution in [0.4, 0.5) is 0 Å². The van der Waals surface area contributed by atoms with E-state index in [9.17, 15) is 24.0 Å². The molecule has 3 heterocycles. The number of piperidine rings is 2. The maximum absolute atomic E-state index is 13.0. The van der Waals surface area contributed by atoms with Gasteiger partial charge < -0.3 is 25.8 Å². The second-order valence-corrected chi connectivity index (χ2v) is 9.35. The summed E-state index contributed by atoms with van der Waals surface area (Å²) in [6.07, 6.45) is 7.03. The van der Waals surface area contributed by atoms with Crippen LogP contribution < -0.4 is 16.0 Å². The monoisotopic (exact) mass is 461 g/mol. The van der Waals surface area contributed by atoms with E-state index in [1.165, 1.54) is 13.8 Å². The van der Waals surface area contributed by atoms with Gasteiger partial charge in [0.15, 0.2) is 0 Å². The molecule has 2 fully saturated rings. The van der Waals surface area contributed by atoms with Crippen molar-refractivity contribution in [2.45, 2.75) is 52.0 Å². The maximum Gasteiger partial charge on any atom is 0.241 e. The van der Waals surface area contributed by atoms with Gasteiger partial charge in [0.2, 0.25) is 29.5 Å². The first-order chi connectivity index (χ1) is 15.7. The second-order valence-electron chi connectivity index (χ2n) is 9.35. The Morgan fingerprint density at radius 1 is 1.09 bits per heavy atom. The Labute approximate surface area is 194 Å². The van der Waals surface area contributed by atoms with Gasteiger partial charge in [-0.25, -0.2) is 0 Å². The number of hydrogen-bond donors (Lipinski definition) is 3. The zero-order valence-corrected chi connectivity index (χ0v) is 19.5. The number of likely N-dealkylation sites (tertiary alicyclic amines) is 2. The Morgan fingerprint density at radius 3 is 2.48 bits per heavy atom. The molecular formula is C23H35N5O5. The summed E-state index contributed by atoms with van der Waals surface area (Å²) in [6, 6.07) is -0.0870. The van der Waals surface area contributed by atoms with E-state index in [0.717, 1.165) is 0 Å². The van der Waals surface area contributed by atoms with E-state index in [0.29, 0.717) is 58.3 Å². The standard InChI is InChI=1S/C23H35N5O5/c1-16(29)24-14-21(32)28-10-6-19-18(15-28)5-3-4-7-23(22(33)25-13-20(31)26-19)8-11-27(12-9-23)17(2)30/h3-4,18-19H,5-15H2,1-2H3,(H,24,29)(H,25,33)(H,26,31)/b4-3+/t18-,19+/m0/s1. The summed E-state index contributed by atoms with van der Waals surface area (Å²) in [6.45, 7) is 4.86. The van der Waals surface area contributed by atoms with Crippen molar-refractivity contribution in [2.75, 3.05) is 39.3 Å². The minimum absolute atomic E-state index is 0.00859. The summed E-state index contributed by atoms with van der Waals surface area (Å²) in [7, 11) is 0. The van der Waals surface area contributed by atoms with E-state index in [-0.39, 0.29) is 54.6 Å². The molecular weight excluding hydrogens is 426 g/mol. The highest BCUT2D eigenvalue weighted by atomic mass is 16.2. The first-order valence-corrected chi connectivity index (χ1v) is 11.7. The van der Waals surface area contributed by atoms with Crippen molar-refractivity contribution in [3.05, 3.63) is 12.2 Å². The van der Waals surface area contributed by atoms with Crippen LogP contribution >= 0.6 is 0 Å². The smallest absolute Gasteiger partial charge is 0.241 e. The molecule has 0 radical (unpaired) electrons. The molecule has 3 aliphatic heterocycles. The SMILES string of the molecule is CC(=O)NCC(=O)N1CC[C@H]2NC(=O)CNC(=O)C3(C/C=C/C[C@H]2C1)CCN(C(C)=O)CC3. The van der Waals surface area contributed by atoms with Crippen molar-refractivity contribution in [1.82, 2.24) is 25.8 Å². The van der Waals surface area contributed by atoms with Crippen LogP contribution in [0.3, 0.4) is 0 Å². The van der Waals surface area contributed by atoms with Crippen LogP contribution in [0.15, 0.2) is 12.2 Å². The molecule has 0 aromatic carbocycles. The van der Waals surface area contributed by atoms with Gasteiger partial charge in [0, 0.05) is 52.0 Å². The minimum Gasteiger partial charge on any atom is -0.351 e. The van der Waals surface area contributed by atoms with Crippen LogP contribution in [0, 0.1) is 11.3 Å². The van der Waals surface area contributed by atoms with E-state index >= 15 is 0 Å². The highest BCUT2D eigenvalue weighted by molar-refractivity contribution is 5.88. The molecule has 2 saturated heterocycles. The molecule has 0 aliphatic carbocycles. The fourth-order valence-corrected chi connectivity index (χ4v) is 4.96. The molecule has 3 N–H and O–H groups in total. The van der Waals surface area contributed by atoms with Gasteiger partial charge in [-0.05, 0) is 32.1 Å². The van der Waals surface area contributed by atoms with E-state index < -0.39 is 5.41 Å². The van der Waals surface area contributed by atoms with Gasteiger partial charge in [-0.1, -0.05) is 12.2 Å². The summed E-state index contributed by atoms with van der Waals surface area (Å²) >= 11 is 0. The first-order valence-electron chi connectivity index (χ1n) is 11.7. The number of allylic oxidation sites excluding steroid dienone is 2. The van der Waals surface area contributed by atoms with Crippen molar-refractivity contribution in [1.29, 1.82) is 0 Å². The van der Waals surface area contributed by atoms with Crippen LogP contribution in [-0.2, 0) is 24.0 Å².